The average Bonchev–Trinajstić information content (AvgIpc) is 2.48. The second kappa shape index (κ2) is 6.85. The van der Waals surface area contributed by atoms with Crippen LogP contribution in [0.3, 0.4) is 0 Å². The molecule has 2 rings (SSSR count). The lowest BCUT2D eigenvalue weighted by Gasteiger charge is -2.28. The Morgan fingerprint density at radius 1 is 0.810 bits per heavy atom. The number of sulfonamides is 1. The topological polar surface area (TPSA) is 58.2 Å². The molecule has 2 aromatic carbocycles. The van der Waals surface area contributed by atoms with Gasteiger partial charge in [-0.2, -0.15) is 0 Å². The zero-order valence-electron chi connectivity index (χ0n) is 12.2. The number of rotatable bonds is 6. The van der Waals surface area contributed by atoms with Crippen molar-refractivity contribution in [2.24, 2.45) is 0 Å². The summed E-state index contributed by atoms with van der Waals surface area (Å²) in [5.74, 6) is 0. The smallest absolute Gasteiger partial charge is 0.209 e. The zero-order valence-corrected chi connectivity index (χ0v) is 13.0. The van der Waals surface area contributed by atoms with Crippen LogP contribution < -0.4 is 10.0 Å². The highest BCUT2D eigenvalue weighted by Crippen LogP contribution is 2.29. The Bertz CT molecular complexity index is 657. The molecule has 0 spiro atoms. The maximum absolute atomic E-state index is 11.7. The van der Waals surface area contributed by atoms with Crippen LogP contribution in [0.25, 0.3) is 0 Å². The third-order valence-corrected chi connectivity index (χ3v) is 3.98. The molecule has 5 heteroatoms. The Labute approximate surface area is 126 Å². The van der Waals surface area contributed by atoms with Crippen molar-refractivity contribution < 1.29 is 8.42 Å². The Morgan fingerprint density at radius 2 is 1.24 bits per heavy atom. The minimum atomic E-state index is -3.32. The molecule has 0 saturated carbocycles. The van der Waals surface area contributed by atoms with Crippen LogP contribution in [0.15, 0.2) is 60.7 Å². The molecule has 112 valence electrons. The molecule has 0 heterocycles. The first-order chi connectivity index (χ1) is 10.0. The van der Waals surface area contributed by atoms with Gasteiger partial charge in [0.25, 0.3) is 0 Å². The van der Waals surface area contributed by atoms with E-state index in [1.807, 2.05) is 67.7 Å². The summed E-state index contributed by atoms with van der Waals surface area (Å²) in [6.45, 7) is 0. The fraction of sp³-hybridized carbons (Fsp3) is 0.250. The van der Waals surface area contributed by atoms with Crippen molar-refractivity contribution in [2.45, 2.75) is 12.1 Å². The Morgan fingerprint density at radius 3 is 1.62 bits per heavy atom. The highest BCUT2D eigenvalue weighted by molar-refractivity contribution is 7.88. The summed E-state index contributed by atoms with van der Waals surface area (Å²) in [6.07, 6.45) is 1.18. The molecule has 21 heavy (non-hydrogen) atoms. The SMILES string of the molecule is CNC(c1ccccc1)C(NS(C)(=O)=O)c1ccccc1. The molecule has 4 nitrogen and oxygen atoms in total. The van der Waals surface area contributed by atoms with Crippen LogP contribution in [0.1, 0.15) is 23.2 Å². The van der Waals surface area contributed by atoms with Crippen LogP contribution in [0.5, 0.6) is 0 Å². The van der Waals surface area contributed by atoms with E-state index < -0.39 is 10.0 Å². The molecule has 0 aliphatic carbocycles. The number of hydrogen-bond donors (Lipinski definition) is 2. The number of nitrogens with one attached hydrogen (secondary N) is 2. The average molecular weight is 304 g/mol. The largest absolute Gasteiger partial charge is 0.311 e. The maximum Gasteiger partial charge on any atom is 0.209 e. The predicted molar refractivity (Wildman–Crippen MR) is 85.4 cm³/mol. The summed E-state index contributed by atoms with van der Waals surface area (Å²) in [5, 5.41) is 3.21. The lowest BCUT2D eigenvalue weighted by molar-refractivity contribution is 0.452. The molecule has 0 aromatic heterocycles. The summed E-state index contributed by atoms with van der Waals surface area (Å²) in [5.41, 5.74) is 1.95. The van der Waals surface area contributed by atoms with Gasteiger partial charge < -0.3 is 5.32 Å². The third kappa shape index (κ3) is 4.39. The third-order valence-electron chi connectivity index (χ3n) is 3.30. The minimum Gasteiger partial charge on any atom is -0.311 e. The molecule has 2 unspecified atom stereocenters. The second-order valence-electron chi connectivity index (χ2n) is 4.96. The molecular weight excluding hydrogens is 284 g/mol. The summed E-state index contributed by atoms with van der Waals surface area (Å²) < 4.78 is 26.2. The van der Waals surface area contributed by atoms with Gasteiger partial charge in [0.05, 0.1) is 18.3 Å². The molecule has 2 atom stereocenters. The normalized spacial score (nSPS) is 14.6. The van der Waals surface area contributed by atoms with Crippen LogP contribution in [0.2, 0.25) is 0 Å². The summed E-state index contributed by atoms with van der Waals surface area (Å²) in [7, 11) is -1.49. The highest BCUT2D eigenvalue weighted by atomic mass is 32.2. The molecule has 0 aliphatic rings. The van der Waals surface area contributed by atoms with E-state index in [9.17, 15) is 8.42 Å². The summed E-state index contributed by atoms with van der Waals surface area (Å²) >= 11 is 0. The first kappa shape index (κ1) is 15.7. The molecule has 0 bridgehead atoms. The van der Waals surface area contributed by atoms with E-state index in [0.29, 0.717) is 0 Å². The lowest BCUT2D eigenvalue weighted by Crippen LogP contribution is -2.36. The Balaban J connectivity index is 2.43. The molecule has 2 N–H and O–H groups in total. The summed E-state index contributed by atoms with van der Waals surface area (Å²) in [6, 6.07) is 18.9. The van der Waals surface area contributed by atoms with Crippen molar-refractivity contribution in [1.82, 2.24) is 10.0 Å². The van der Waals surface area contributed by atoms with Gasteiger partial charge in [-0.15, -0.1) is 0 Å². The van der Waals surface area contributed by atoms with Crippen LogP contribution in [0, 0.1) is 0 Å². The van der Waals surface area contributed by atoms with Crippen LogP contribution in [0.4, 0.5) is 0 Å². The lowest BCUT2D eigenvalue weighted by atomic mass is 9.94. The fourth-order valence-electron chi connectivity index (χ4n) is 2.41. The molecule has 0 saturated heterocycles. The molecule has 0 fully saturated rings. The van der Waals surface area contributed by atoms with Crippen molar-refractivity contribution >= 4 is 10.0 Å². The maximum atomic E-state index is 11.7. The first-order valence-corrected chi connectivity index (χ1v) is 8.65. The van der Waals surface area contributed by atoms with E-state index in [1.54, 1.807) is 0 Å². The van der Waals surface area contributed by atoms with Crippen LogP contribution in [-0.4, -0.2) is 21.7 Å². The second-order valence-corrected chi connectivity index (χ2v) is 6.74. The number of likely N-dealkylation sites (N-methyl/N-ethyl adjacent to an activating group) is 1. The van der Waals surface area contributed by atoms with Gasteiger partial charge in [0, 0.05) is 0 Å². The van der Waals surface area contributed by atoms with Crippen molar-refractivity contribution in [3.63, 3.8) is 0 Å². The van der Waals surface area contributed by atoms with Gasteiger partial charge >= 0.3 is 0 Å². The van der Waals surface area contributed by atoms with Gasteiger partial charge in [0.15, 0.2) is 0 Å². The predicted octanol–water partition coefficient (Wildman–Crippen LogP) is 2.24. The van der Waals surface area contributed by atoms with Crippen molar-refractivity contribution in [2.75, 3.05) is 13.3 Å². The monoisotopic (exact) mass is 304 g/mol. The van der Waals surface area contributed by atoms with Gasteiger partial charge in [-0.3, -0.25) is 0 Å². The fourth-order valence-corrected chi connectivity index (χ4v) is 3.14. The van der Waals surface area contributed by atoms with Gasteiger partial charge in [0.2, 0.25) is 10.0 Å². The van der Waals surface area contributed by atoms with Crippen molar-refractivity contribution in [3.8, 4) is 0 Å². The van der Waals surface area contributed by atoms with E-state index in [1.165, 1.54) is 6.26 Å². The van der Waals surface area contributed by atoms with E-state index in [0.717, 1.165) is 11.1 Å². The van der Waals surface area contributed by atoms with E-state index in [2.05, 4.69) is 10.0 Å². The van der Waals surface area contributed by atoms with Gasteiger partial charge in [0.1, 0.15) is 0 Å². The van der Waals surface area contributed by atoms with Gasteiger partial charge in [-0.1, -0.05) is 60.7 Å². The van der Waals surface area contributed by atoms with Crippen LogP contribution in [-0.2, 0) is 10.0 Å². The Kier molecular flexibility index (Phi) is 5.12. The first-order valence-electron chi connectivity index (χ1n) is 6.76. The molecule has 2 aromatic rings. The van der Waals surface area contributed by atoms with Crippen molar-refractivity contribution in [1.29, 1.82) is 0 Å². The minimum absolute atomic E-state index is 0.150. The molecule has 0 aliphatic heterocycles. The quantitative estimate of drug-likeness (QED) is 0.860. The summed E-state index contributed by atoms with van der Waals surface area (Å²) in [4.78, 5) is 0. The highest BCUT2D eigenvalue weighted by Gasteiger charge is 2.26. The molecule has 0 radical (unpaired) electrons. The van der Waals surface area contributed by atoms with E-state index in [-0.39, 0.29) is 12.1 Å². The van der Waals surface area contributed by atoms with Crippen molar-refractivity contribution in [3.05, 3.63) is 71.8 Å². The van der Waals surface area contributed by atoms with E-state index in [4.69, 9.17) is 0 Å². The van der Waals surface area contributed by atoms with Crippen LogP contribution >= 0.6 is 0 Å². The van der Waals surface area contributed by atoms with Gasteiger partial charge in [-0.25, -0.2) is 13.1 Å². The zero-order chi connectivity index (χ0) is 15.3. The van der Waals surface area contributed by atoms with Gasteiger partial charge in [-0.05, 0) is 18.2 Å². The number of benzene rings is 2. The Hall–Kier alpha value is -1.69. The standard InChI is InChI=1S/C16H20N2O2S/c1-17-15(13-9-5-3-6-10-13)16(18-21(2,19)20)14-11-7-4-8-12-14/h3-12,15-18H,1-2H3. The number of hydrogen-bond acceptors (Lipinski definition) is 3. The van der Waals surface area contributed by atoms with E-state index >= 15 is 0 Å². The molecular formula is C16H20N2O2S. The molecule has 0 amide bonds.